The molecule has 0 spiro atoms. The number of halogens is 1. The van der Waals surface area contributed by atoms with Gasteiger partial charge in [-0.15, -0.1) is 12.4 Å². The molecule has 2 atom stereocenters. The van der Waals surface area contributed by atoms with E-state index in [2.05, 4.69) is 28.9 Å². The average Bonchev–Trinajstić information content (AvgIpc) is 3.63. The SMILES string of the molecule is CCCC[C@@H](Nc1cccc2c1CN([C@@H]1CCC(=O)NC1=O)C2=O)C1CCC(NCC2CC2)CC1.Cl. The van der Waals surface area contributed by atoms with Gasteiger partial charge in [-0.25, -0.2) is 0 Å². The fourth-order valence-corrected chi connectivity index (χ4v) is 6.15. The zero-order valence-corrected chi connectivity index (χ0v) is 22.2. The molecule has 7 nitrogen and oxygen atoms in total. The molecule has 0 radical (unpaired) electrons. The molecule has 3 amide bonds. The third kappa shape index (κ3) is 6.05. The summed E-state index contributed by atoms with van der Waals surface area (Å²) in [5.74, 6) is 0.846. The predicted octanol–water partition coefficient (Wildman–Crippen LogP) is 4.40. The second kappa shape index (κ2) is 12.0. The van der Waals surface area contributed by atoms with E-state index in [0.29, 0.717) is 36.5 Å². The Balaban J connectivity index is 0.00000304. The molecule has 3 N–H and O–H groups in total. The number of piperidine rings is 1. The predicted molar refractivity (Wildman–Crippen MR) is 143 cm³/mol. The normalized spacial score (nSPS) is 26.8. The summed E-state index contributed by atoms with van der Waals surface area (Å²) in [5.41, 5.74) is 2.70. The fraction of sp³-hybridized carbons (Fsp3) is 0.679. The summed E-state index contributed by atoms with van der Waals surface area (Å²) < 4.78 is 0. The zero-order valence-electron chi connectivity index (χ0n) is 21.4. The highest BCUT2D eigenvalue weighted by Gasteiger charge is 2.40. The Hall–Kier alpha value is -2.12. The Morgan fingerprint density at radius 3 is 2.53 bits per heavy atom. The number of benzene rings is 1. The topological polar surface area (TPSA) is 90.5 Å². The van der Waals surface area contributed by atoms with Gasteiger partial charge in [0.05, 0.1) is 0 Å². The first-order valence-electron chi connectivity index (χ1n) is 13.8. The van der Waals surface area contributed by atoms with Crippen molar-refractivity contribution in [1.82, 2.24) is 15.5 Å². The van der Waals surface area contributed by atoms with E-state index < -0.39 is 6.04 Å². The molecule has 5 rings (SSSR count). The zero-order chi connectivity index (χ0) is 24.4. The number of imide groups is 1. The molecule has 2 saturated carbocycles. The number of carbonyl (C=O) groups is 3. The standard InChI is InChI=1S/C28H40N4O3.ClH/c1-2-3-6-23(19-10-12-20(13-11-19)29-16-18-8-9-18)30-24-7-4-5-21-22(24)17-32(28(21)35)25-14-15-26(33)31-27(25)34;/h4-5,7,18-20,23,25,29-30H,2-3,6,8-17H2,1H3,(H,31,33,34);1H/t19?,20?,23-,25-;/m1./s1. The van der Waals surface area contributed by atoms with E-state index >= 15 is 0 Å². The van der Waals surface area contributed by atoms with Crippen molar-refractivity contribution in [3.63, 3.8) is 0 Å². The minimum absolute atomic E-state index is 0. The summed E-state index contributed by atoms with van der Waals surface area (Å²) in [7, 11) is 0. The molecule has 8 heteroatoms. The number of anilines is 1. The molecule has 2 aliphatic carbocycles. The summed E-state index contributed by atoms with van der Waals surface area (Å²) >= 11 is 0. The number of carbonyl (C=O) groups excluding carboxylic acids is 3. The van der Waals surface area contributed by atoms with E-state index in [0.717, 1.165) is 23.6 Å². The van der Waals surface area contributed by atoms with Gasteiger partial charge in [-0.2, -0.15) is 0 Å². The summed E-state index contributed by atoms with van der Waals surface area (Å²) in [6, 6.07) is 6.39. The summed E-state index contributed by atoms with van der Waals surface area (Å²) in [6.07, 6.45) is 11.9. The second-order valence-electron chi connectivity index (χ2n) is 11.1. The smallest absolute Gasteiger partial charge is 0.255 e. The lowest BCUT2D eigenvalue weighted by atomic mass is 9.79. The van der Waals surface area contributed by atoms with Crippen molar-refractivity contribution in [3.8, 4) is 0 Å². The Labute approximate surface area is 220 Å². The van der Waals surface area contributed by atoms with Gasteiger partial charge in [0.25, 0.3) is 5.91 Å². The van der Waals surface area contributed by atoms with Gasteiger partial charge < -0.3 is 15.5 Å². The summed E-state index contributed by atoms with van der Waals surface area (Å²) in [4.78, 5) is 38.9. The molecule has 0 bridgehead atoms. The molecule has 1 aromatic carbocycles. The van der Waals surface area contributed by atoms with E-state index in [9.17, 15) is 14.4 Å². The van der Waals surface area contributed by atoms with Crippen LogP contribution in [-0.4, -0.2) is 47.3 Å². The van der Waals surface area contributed by atoms with Crippen LogP contribution < -0.4 is 16.0 Å². The Morgan fingerprint density at radius 1 is 1.06 bits per heavy atom. The Morgan fingerprint density at radius 2 is 1.83 bits per heavy atom. The van der Waals surface area contributed by atoms with Crippen LogP contribution in [0.4, 0.5) is 5.69 Å². The molecular formula is C28H41ClN4O3. The minimum Gasteiger partial charge on any atom is -0.382 e. The van der Waals surface area contributed by atoms with Crippen LogP contribution in [0.25, 0.3) is 0 Å². The van der Waals surface area contributed by atoms with Gasteiger partial charge in [0.1, 0.15) is 6.04 Å². The fourth-order valence-electron chi connectivity index (χ4n) is 6.15. The molecule has 36 heavy (non-hydrogen) atoms. The van der Waals surface area contributed by atoms with Gasteiger partial charge in [0.2, 0.25) is 11.8 Å². The number of rotatable bonds is 10. The quantitative estimate of drug-likeness (QED) is 0.401. The highest BCUT2D eigenvalue weighted by Crippen LogP contribution is 2.36. The van der Waals surface area contributed by atoms with E-state index in [1.54, 1.807) is 4.90 Å². The van der Waals surface area contributed by atoms with Gasteiger partial charge in [-0.05, 0) is 81.9 Å². The van der Waals surface area contributed by atoms with E-state index in [1.807, 2.05) is 12.1 Å². The van der Waals surface area contributed by atoms with Crippen molar-refractivity contribution >= 4 is 35.8 Å². The van der Waals surface area contributed by atoms with Crippen molar-refractivity contribution in [3.05, 3.63) is 29.3 Å². The van der Waals surface area contributed by atoms with Crippen LogP contribution in [-0.2, 0) is 16.1 Å². The van der Waals surface area contributed by atoms with Crippen molar-refractivity contribution < 1.29 is 14.4 Å². The van der Waals surface area contributed by atoms with Gasteiger partial charge in [-0.3, -0.25) is 19.7 Å². The molecule has 1 aromatic rings. The van der Waals surface area contributed by atoms with Crippen molar-refractivity contribution in [2.24, 2.45) is 11.8 Å². The minimum atomic E-state index is -0.574. The lowest BCUT2D eigenvalue weighted by molar-refractivity contribution is -0.136. The average molecular weight is 517 g/mol. The molecule has 2 aliphatic heterocycles. The first-order chi connectivity index (χ1) is 17.0. The van der Waals surface area contributed by atoms with Gasteiger partial charge in [0, 0.05) is 41.9 Å². The van der Waals surface area contributed by atoms with Crippen LogP contribution in [0.5, 0.6) is 0 Å². The highest BCUT2D eigenvalue weighted by molar-refractivity contribution is 6.06. The van der Waals surface area contributed by atoms with Crippen LogP contribution in [0.15, 0.2) is 18.2 Å². The number of unbranched alkanes of at least 4 members (excludes halogenated alkanes) is 1. The third-order valence-corrected chi connectivity index (χ3v) is 8.52. The third-order valence-electron chi connectivity index (χ3n) is 8.52. The molecule has 198 valence electrons. The molecule has 3 fully saturated rings. The van der Waals surface area contributed by atoms with Crippen LogP contribution in [0.2, 0.25) is 0 Å². The molecule has 1 saturated heterocycles. The van der Waals surface area contributed by atoms with Crippen LogP contribution in [0.1, 0.15) is 93.5 Å². The number of nitrogens with zero attached hydrogens (tertiary/aromatic N) is 1. The van der Waals surface area contributed by atoms with Crippen molar-refractivity contribution in [2.75, 3.05) is 11.9 Å². The van der Waals surface area contributed by atoms with Gasteiger partial charge in [-0.1, -0.05) is 25.8 Å². The Kier molecular flexibility index (Phi) is 8.94. The highest BCUT2D eigenvalue weighted by atomic mass is 35.5. The number of hydrogen-bond acceptors (Lipinski definition) is 5. The van der Waals surface area contributed by atoms with Gasteiger partial charge in [0.15, 0.2) is 0 Å². The molecule has 0 aromatic heterocycles. The van der Waals surface area contributed by atoms with Crippen molar-refractivity contribution in [1.29, 1.82) is 0 Å². The Bertz CT molecular complexity index is 958. The molecule has 4 aliphatic rings. The number of fused-ring (bicyclic) bond motifs is 1. The van der Waals surface area contributed by atoms with Crippen LogP contribution in [0.3, 0.4) is 0 Å². The maximum Gasteiger partial charge on any atom is 0.255 e. The monoisotopic (exact) mass is 516 g/mol. The van der Waals surface area contributed by atoms with Crippen LogP contribution >= 0.6 is 12.4 Å². The lowest BCUT2D eigenvalue weighted by Gasteiger charge is -2.36. The van der Waals surface area contributed by atoms with E-state index in [4.69, 9.17) is 0 Å². The van der Waals surface area contributed by atoms with Crippen molar-refractivity contribution in [2.45, 2.75) is 102 Å². The maximum atomic E-state index is 13.2. The summed E-state index contributed by atoms with van der Waals surface area (Å²) in [5, 5.41) is 10.1. The largest absolute Gasteiger partial charge is 0.382 e. The van der Waals surface area contributed by atoms with E-state index in [1.165, 1.54) is 57.9 Å². The number of hydrogen-bond donors (Lipinski definition) is 3. The number of amides is 3. The molecular weight excluding hydrogens is 476 g/mol. The lowest BCUT2D eigenvalue weighted by Crippen LogP contribution is -2.52. The first-order valence-corrected chi connectivity index (χ1v) is 13.8. The summed E-state index contributed by atoms with van der Waals surface area (Å²) in [6.45, 7) is 3.86. The van der Waals surface area contributed by atoms with E-state index in [-0.39, 0.29) is 36.5 Å². The molecule has 0 unspecified atom stereocenters. The second-order valence-corrected chi connectivity index (χ2v) is 11.1. The number of nitrogens with one attached hydrogen (secondary N) is 3. The first kappa shape index (κ1) is 26.9. The molecule has 2 heterocycles. The van der Waals surface area contributed by atoms with Crippen LogP contribution in [0, 0.1) is 11.8 Å². The maximum absolute atomic E-state index is 13.2. The van der Waals surface area contributed by atoms with Gasteiger partial charge >= 0.3 is 0 Å².